The zero-order chi connectivity index (χ0) is 9.15. The summed E-state index contributed by atoms with van der Waals surface area (Å²) in [6.45, 7) is 2.57. The van der Waals surface area contributed by atoms with Crippen LogP contribution in [0.4, 0.5) is 0 Å². The van der Waals surface area contributed by atoms with Crippen LogP contribution in [-0.4, -0.2) is 8.07 Å². The van der Waals surface area contributed by atoms with E-state index in [1.165, 1.54) is 24.4 Å². The minimum Gasteiger partial charge on any atom is -0.0691 e. The van der Waals surface area contributed by atoms with Gasteiger partial charge in [0.1, 0.15) is 0 Å². The van der Waals surface area contributed by atoms with Crippen molar-refractivity contribution < 1.29 is 0 Å². The Morgan fingerprint density at radius 2 is 1.85 bits per heavy atom. The number of rotatable bonds is 3. The first-order valence-corrected chi connectivity index (χ1v) is 8.45. The van der Waals surface area contributed by atoms with E-state index in [4.69, 9.17) is 0 Å². The van der Waals surface area contributed by atoms with Crippen LogP contribution in [-0.2, 0) is 6.42 Å². The van der Waals surface area contributed by atoms with Crippen LogP contribution < -0.4 is 0 Å². The quantitative estimate of drug-likeness (QED) is 0.637. The van der Waals surface area contributed by atoms with Crippen LogP contribution in [0.15, 0.2) is 30.3 Å². The van der Waals surface area contributed by atoms with E-state index in [1.807, 2.05) is 0 Å². The summed E-state index contributed by atoms with van der Waals surface area (Å²) in [5.74, 6) is 0. The normalized spacial score (nSPS) is 19.5. The predicted octanol–water partition coefficient (Wildman–Crippen LogP) is 3.71. The third-order valence-corrected chi connectivity index (χ3v) is 8.00. The van der Waals surface area contributed by atoms with Gasteiger partial charge < -0.3 is 0 Å². The lowest BCUT2D eigenvalue weighted by molar-refractivity contribution is 0.865. The van der Waals surface area contributed by atoms with Gasteiger partial charge in [0.05, 0.1) is 8.07 Å². The fourth-order valence-corrected chi connectivity index (χ4v) is 5.07. The monoisotopic (exact) mass is 190 g/mol. The van der Waals surface area contributed by atoms with Crippen molar-refractivity contribution in [3.05, 3.63) is 35.9 Å². The van der Waals surface area contributed by atoms with Gasteiger partial charge in [-0.15, -0.1) is 0 Å². The number of benzene rings is 1. The average Bonchev–Trinajstić information content (AvgIpc) is 2.13. The van der Waals surface area contributed by atoms with Crippen molar-refractivity contribution in [2.45, 2.75) is 37.5 Å². The SMILES string of the molecule is C[Si]1(CCc2ccccc2)CCC1. The average molecular weight is 190 g/mol. The van der Waals surface area contributed by atoms with Crippen LogP contribution in [0.2, 0.25) is 24.7 Å². The standard InChI is InChI=1S/C12H18Si/c1-13(9-5-10-13)11-8-12-6-3-2-4-7-12/h2-4,6-7H,5,8-11H2,1H3. The van der Waals surface area contributed by atoms with Crippen molar-refractivity contribution in [3.63, 3.8) is 0 Å². The summed E-state index contributed by atoms with van der Waals surface area (Å²) in [5.41, 5.74) is 1.53. The minimum atomic E-state index is -0.680. The number of hydrogen-bond donors (Lipinski definition) is 0. The summed E-state index contributed by atoms with van der Waals surface area (Å²) < 4.78 is 0. The molecule has 1 fully saturated rings. The molecule has 0 saturated carbocycles. The summed E-state index contributed by atoms with van der Waals surface area (Å²) in [4.78, 5) is 0. The van der Waals surface area contributed by atoms with Gasteiger partial charge in [-0.2, -0.15) is 0 Å². The number of hydrogen-bond acceptors (Lipinski definition) is 0. The van der Waals surface area contributed by atoms with Gasteiger partial charge in [-0.25, -0.2) is 0 Å². The Balaban J connectivity index is 1.86. The number of aryl methyl sites for hydroxylation is 1. The topological polar surface area (TPSA) is 0 Å². The third-order valence-electron chi connectivity index (χ3n) is 3.42. The smallest absolute Gasteiger partial charge is 0.0507 e. The van der Waals surface area contributed by atoms with Crippen LogP contribution in [0.5, 0.6) is 0 Å². The maximum Gasteiger partial charge on any atom is 0.0507 e. The molecule has 2 rings (SSSR count). The lowest BCUT2D eigenvalue weighted by Gasteiger charge is -2.36. The predicted molar refractivity (Wildman–Crippen MR) is 60.8 cm³/mol. The van der Waals surface area contributed by atoms with E-state index in [9.17, 15) is 0 Å². The van der Waals surface area contributed by atoms with Gasteiger partial charge >= 0.3 is 0 Å². The van der Waals surface area contributed by atoms with Crippen molar-refractivity contribution in [2.75, 3.05) is 0 Å². The van der Waals surface area contributed by atoms with Gasteiger partial charge in [0.25, 0.3) is 0 Å². The minimum absolute atomic E-state index is 0.680. The highest BCUT2D eigenvalue weighted by atomic mass is 28.3. The lowest BCUT2D eigenvalue weighted by Crippen LogP contribution is -2.37. The molecule has 0 nitrogen and oxygen atoms in total. The first-order valence-electron chi connectivity index (χ1n) is 5.32. The van der Waals surface area contributed by atoms with Crippen molar-refractivity contribution in [2.24, 2.45) is 0 Å². The van der Waals surface area contributed by atoms with E-state index < -0.39 is 8.07 Å². The second kappa shape index (κ2) is 3.67. The molecule has 1 aromatic rings. The maximum absolute atomic E-state index is 2.57. The zero-order valence-electron chi connectivity index (χ0n) is 8.42. The van der Waals surface area contributed by atoms with Crippen molar-refractivity contribution in [1.29, 1.82) is 0 Å². The fourth-order valence-electron chi connectivity index (χ4n) is 2.12. The molecule has 1 aliphatic heterocycles. The molecule has 0 unspecified atom stereocenters. The Morgan fingerprint density at radius 1 is 1.15 bits per heavy atom. The van der Waals surface area contributed by atoms with E-state index in [1.54, 1.807) is 12.1 Å². The van der Waals surface area contributed by atoms with Gasteiger partial charge in [0, 0.05) is 0 Å². The maximum atomic E-state index is 2.57. The molecule has 0 amide bonds. The highest BCUT2D eigenvalue weighted by molar-refractivity contribution is 6.81. The van der Waals surface area contributed by atoms with Gasteiger partial charge in [-0.3, -0.25) is 0 Å². The molecule has 0 aromatic heterocycles. The van der Waals surface area contributed by atoms with Crippen LogP contribution in [0.3, 0.4) is 0 Å². The second-order valence-electron chi connectivity index (χ2n) is 4.65. The summed E-state index contributed by atoms with van der Waals surface area (Å²) in [5, 5.41) is 0. The highest BCUT2D eigenvalue weighted by Crippen LogP contribution is 2.36. The van der Waals surface area contributed by atoms with Gasteiger partial charge in [0.15, 0.2) is 0 Å². The van der Waals surface area contributed by atoms with E-state index in [2.05, 4.69) is 36.9 Å². The Kier molecular flexibility index (Phi) is 2.54. The van der Waals surface area contributed by atoms with Crippen LogP contribution in [0.25, 0.3) is 0 Å². The molecule has 13 heavy (non-hydrogen) atoms. The van der Waals surface area contributed by atoms with Crippen LogP contribution >= 0.6 is 0 Å². The molecule has 1 aromatic carbocycles. The second-order valence-corrected chi connectivity index (χ2v) is 9.77. The summed E-state index contributed by atoms with van der Waals surface area (Å²) >= 11 is 0. The molecule has 70 valence electrons. The molecular formula is C12H18Si. The summed E-state index contributed by atoms with van der Waals surface area (Å²) in [6, 6.07) is 15.6. The molecule has 0 spiro atoms. The van der Waals surface area contributed by atoms with Gasteiger partial charge in [-0.1, -0.05) is 61.4 Å². The molecule has 0 radical (unpaired) electrons. The highest BCUT2D eigenvalue weighted by Gasteiger charge is 2.33. The van der Waals surface area contributed by atoms with Crippen LogP contribution in [0.1, 0.15) is 12.0 Å². The molecule has 1 heteroatoms. The van der Waals surface area contributed by atoms with E-state index in [-0.39, 0.29) is 0 Å². The molecule has 1 heterocycles. The van der Waals surface area contributed by atoms with Crippen molar-refractivity contribution >= 4 is 8.07 Å². The van der Waals surface area contributed by atoms with Gasteiger partial charge in [-0.05, 0) is 12.0 Å². The van der Waals surface area contributed by atoms with Crippen molar-refractivity contribution in [3.8, 4) is 0 Å². The lowest BCUT2D eigenvalue weighted by atomic mass is 10.2. The molecule has 0 aliphatic carbocycles. The third kappa shape index (κ3) is 2.22. The summed E-state index contributed by atoms with van der Waals surface area (Å²) in [6.07, 6.45) is 2.83. The molecule has 0 N–H and O–H groups in total. The Hall–Kier alpha value is -0.563. The first kappa shape index (κ1) is 9.01. The molecular weight excluding hydrogens is 172 g/mol. The first-order chi connectivity index (χ1) is 6.29. The molecule has 0 atom stereocenters. The van der Waals surface area contributed by atoms with Crippen molar-refractivity contribution in [1.82, 2.24) is 0 Å². The molecule has 1 aliphatic rings. The Labute approximate surface area is 82.0 Å². The Bertz CT molecular complexity index is 262. The fraction of sp³-hybridized carbons (Fsp3) is 0.500. The molecule has 1 saturated heterocycles. The summed E-state index contributed by atoms with van der Waals surface area (Å²) in [7, 11) is -0.680. The zero-order valence-corrected chi connectivity index (χ0v) is 9.42. The Morgan fingerprint density at radius 3 is 2.38 bits per heavy atom. The van der Waals surface area contributed by atoms with E-state index in [0.29, 0.717) is 0 Å². The van der Waals surface area contributed by atoms with E-state index in [0.717, 1.165) is 0 Å². The largest absolute Gasteiger partial charge is 0.0691 e. The van der Waals surface area contributed by atoms with Gasteiger partial charge in [0.2, 0.25) is 0 Å². The van der Waals surface area contributed by atoms with Crippen LogP contribution in [0, 0.1) is 0 Å². The van der Waals surface area contributed by atoms with E-state index >= 15 is 0 Å². The molecule has 0 bridgehead atoms.